The smallest absolute Gasteiger partial charge is 0.290 e. The second-order valence-electron chi connectivity index (χ2n) is 9.04. The fraction of sp³-hybridized carbons (Fsp3) is 0.520. The molecule has 4 N–H and O–H groups in total. The summed E-state index contributed by atoms with van der Waals surface area (Å²) in [7, 11) is 0. The largest absolute Gasteiger partial charge is 0.483 e. The van der Waals surface area contributed by atoms with Crippen LogP contribution in [0.5, 0.6) is 0 Å². The Kier molecular flexibility index (Phi) is 9.54. The van der Waals surface area contributed by atoms with E-state index in [4.69, 9.17) is 9.90 Å². The van der Waals surface area contributed by atoms with Gasteiger partial charge >= 0.3 is 0 Å². The first-order valence-electron chi connectivity index (χ1n) is 12.3. The van der Waals surface area contributed by atoms with Gasteiger partial charge in [0.25, 0.3) is 18.3 Å². The van der Waals surface area contributed by atoms with Crippen molar-refractivity contribution in [3.05, 3.63) is 29.3 Å². The molecule has 0 radical (unpaired) electrons. The van der Waals surface area contributed by atoms with Crippen LogP contribution in [-0.2, 0) is 19.2 Å². The predicted molar refractivity (Wildman–Crippen MR) is 129 cm³/mol. The number of carbonyl (C=O) groups is 6. The zero-order chi connectivity index (χ0) is 26.1. The summed E-state index contributed by atoms with van der Waals surface area (Å²) in [6.45, 7) is 1.15. The summed E-state index contributed by atoms with van der Waals surface area (Å²) in [6.07, 6.45) is 7.32. The third kappa shape index (κ3) is 6.67. The van der Waals surface area contributed by atoms with Gasteiger partial charge in [0, 0.05) is 31.1 Å². The van der Waals surface area contributed by atoms with Gasteiger partial charge in [-0.3, -0.25) is 39.0 Å². The van der Waals surface area contributed by atoms with Gasteiger partial charge in [-0.1, -0.05) is 25.3 Å². The molecule has 1 atom stereocenters. The molecule has 2 heterocycles. The van der Waals surface area contributed by atoms with Gasteiger partial charge in [0.2, 0.25) is 17.7 Å². The van der Waals surface area contributed by atoms with E-state index in [9.17, 15) is 24.0 Å². The number of imide groups is 2. The maximum atomic E-state index is 13.1. The van der Waals surface area contributed by atoms with Crippen LogP contribution in [0.3, 0.4) is 0 Å². The summed E-state index contributed by atoms with van der Waals surface area (Å²) in [6, 6.07) is 4.11. The van der Waals surface area contributed by atoms with E-state index in [1.165, 1.54) is 0 Å². The monoisotopic (exact) mass is 500 g/mol. The molecule has 11 nitrogen and oxygen atoms in total. The number of piperidine rings is 1. The van der Waals surface area contributed by atoms with Crippen LogP contribution >= 0.6 is 0 Å². The third-order valence-electron chi connectivity index (χ3n) is 6.38. The molecule has 5 amide bonds. The average molecular weight is 501 g/mol. The Balaban J connectivity index is 0.00000115. The lowest BCUT2D eigenvalue weighted by Gasteiger charge is -2.27. The zero-order valence-corrected chi connectivity index (χ0v) is 20.1. The molecule has 0 aromatic heterocycles. The van der Waals surface area contributed by atoms with Gasteiger partial charge in [0.15, 0.2) is 0 Å². The number of hydrogen-bond acceptors (Lipinski definition) is 7. The van der Waals surface area contributed by atoms with Gasteiger partial charge in [-0.2, -0.15) is 0 Å². The van der Waals surface area contributed by atoms with Gasteiger partial charge < -0.3 is 15.7 Å². The van der Waals surface area contributed by atoms with E-state index < -0.39 is 29.7 Å². The number of carbonyl (C=O) groups excluding carboxylic acids is 5. The highest BCUT2D eigenvalue weighted by Crippen LogP contribution is 2.32. The van der Waals surface area contributed by atoms with Crippen molar-refractivity contribution in [1.29, 1.82) is 0 Å². The first kappa shape index (κ1) is 26.8. The number of benzene rings is 1. The molecular formula is C25H32N4O7. The van der Waals surface area contributed by atoms with Crippen molar-refractivity contribution in [1.82, 2.24) is 15.5 Å². The van der Waals surface area contributed by atoms with E-state index in [-0.39, 0.29) is 36.7 Å². The van der Waals surface area contributed by atoms with Crippen LogP contribution in [0.25, 0.3) is 0 Å². The summed E-state index contributed by atoms with van der Waals surface area (Å²) in [5, 5.41) is 15.3. The topological polar surface area (TPSA) is 162 Å². The zero-order valence-electron chi connectivity index (χ0n) is 20.1. The Labute approximate surface area is 209 Å². The van der Waals surface area contributed by atoms with Crippen molar-refractivity contribution < 1.29 is 33.9 Å². The van der Waals surface area contributed by atoms with Crippen LogP contribution in [0.4, 0.5) is 5.69 Å². The standard InChI is InChI=1S/C24H30N4O5.CH2O2/c29-19-12-11-18(22(31)27-19)28-23(32)16-7-6-8-17(20(16)24(28)33)25-13-4-2-1-3-5-14-26-21(30)15-9-10-15;2-1-3/h6-8,15,18,25H,1-5,9-14H2,(H,26,30)(H,27,29,31);1H,(H,2,3). The molecule has 194 valence electrons. The Hall–Kier alpha value is -3.76. The number of nitrogens with one attached hydrogen (secondary N) is 3. The molecule has 4 rings (SSSR count). The maximum absolute atomic E-state index is 13.1. The normalized spacial score (nSPS) is 18.7. The highest BCUT2D eigenvalue weighted by molar-refractivity contribution is 6.25. The second kappa shape index (κ2) is 12.8. The maximum Gasteiger partial charge on any atom is 0.290 e. The summed E-state index contributed by atoms with van der Waals surface area (Å²) in [4.78, 5) is 70.5. The molecule has 36 heavy (non-hydrogen) atoms. The van der Waals surface area contributed by atoms with Crippen molar-refractivity contribution in [3.63, 3.8) is 0 Å². The second-order valence-corrected chi connectivity index (χ2v) is 9.04. The van der Waals surface area contributed by atoms with Gasteiger partial charge in [-0.15, -0.1) is 0 Å². The lowest BCUT2D eigenvalue weighted by Crippen LogP contribution is -2.54. The quantitative estimate of drug-likeness (QED) is 0.203. The van der Waals surface area contributed by atoms with Crippen molar-refractivity contribution in [2.45, 2.75) is 63.8 Å². The first-order valence-corrected chi connectivity index (χ1v) is 12.3. The van der Waals surface area contributed by atoms with E-state index in [1.54, 1.807) is 18.2 Å². The minimum Gasteiger partial charge on any atom is -0.483 e. The SMILES string of the molecule is O=C1CCC(N2C(=O)c3cccc(NCCCCCCCNC(=O)C4CC4)c3C2=O)C(=O)N1.O=CO. The van der Waals surface area contributed by atoms with Crippen LogP contribution in [-0.4, -0.2) is 65.1 Å². The molecule has 2 fully saturated rings. The Morgan fingerprint density at radius 1 is 1.00 bits per heavy atom. The summed E-state index contributed by atoms with van der Waals surface area (Å²) >= 11 is 0. The summed E-state index contributed by atoms with van der Waals surface area (Å²) in [5.74, 6) is -1.55. The Bertz CT molecular complexity index is 1020. The summed E-state index contributed by atoms with van der Waals surface area (Å²) < 4.78 is 0. The molecule has 0 spiro atoms. The molecule has 11 heteroatoms. The fourth-order valence-corrected chi connectivity index (χ4v) is 4.37. The highest BCUT2D eigenvalue weighted by Gasteiger charge is 2.45. The summed E-state index contributed by atoms with van der Waals surface area (Å²) in [5.41, 5.74) is 1.16. The molecule has 1 saturated carbocycles. The number of rotatable bonds is 11. The van der Waals surface area contributed by atoms with Crippen LogP contribution in [0.1, 0.15) is 78.5 Å². The van der Waals surface area contributed by atoms with Crippen molar-refractivity contribution in [2.75, 3.05) is 18.4 Å². The van der Waals surface area contributed by atoms with E-state index in [1.807, 2.05) is 0 Å². The number of fused-ring (bicyclic) bond motifs is 1. The van der Waals surface area contributed by atoms with Gasteiger partial charge in [0.1, 0.15) is 6.04 Å². The van der Waals surface area contributed by atoms with E-state index in [0.717, 1.165) is 56.4 Å². The first-order chi connectivity index (χ1) is 17.4. The Morgan fingerprint density at radius 2 is 1.67 bits per heavy atom. The molecule has 1 aliphatic carbocycles. The Morgan fingerprint density at radius 3 is 2.33 bits per heavy atom. The fourth-order valence-electron chi connectivity index (χ4n) is 4.37. The van der Waals surface area contributed by atoms with Gasteiger partial charge in [-0.05, 0) is 44.2 Å². The van der Waals surface area contributed by atoms with Crippen LogP contribution in [0.2, 0.25) is 0 Å². The van der Waals surface area contributed by atoms with Crippen molar-refractivity contribution >= 4 is 41.7 Å². The molecule has 3 aliphatic rings. The number of nitrogens with zero attached hydrogens (tertiary/aromatic N) is 1. The lowest BCUT2D eigenvalue weighted by molar-refractivity contribution is -0.136. The van der Waals surface area contributed by atoms with Crippen LogP contribution < -0.4 is 16.0 Å². The van der Waals surface area contributed by atoms with Crippen molar-refractivity contribution in [3.8, 4) is 0 Å². The molecule has 1 aromatic rings. The minimum atomic E-state index is -0.961. The predicted octanol–water partition coefficient (Wildman–Crippen LogP) is 1.68. The van der Waals surface area contributed by atoms with Crippen LogP contribution in [0, 0.1) is 5.92 Å². The molecule has 1 unspecified atom stereocenters. The number of unbranched alkanes of at least 4 members (excludes halogenated alkanes) is 4. The molecule has 2 aliphatic heterocycles. The van der Waals surface area contributed by atoms with E-state index in [0.29, 0.717) is 17.8 Å². The van der Waals surface area contributed by atoms with E-state index >= 15 is 0 Å². The van der Waals surface area contributed by atoms with Gasteiger partial charge in [-0.25, -0.2) is 0 Å². The number of hydrogen-bond donors (Lipinski definition) is 4. The molecular weight excluding hydrogens is 468 g/mol. The third-order valence-corrected chi connectivity index (χ3v) is 6.38. The molecule has 1 aromatic carbocycles. The number of carboxylic acid groups (broad SMARTS) is 1. The minimum absolute atomic E-state index is 0.0990. The number of amides is 5. The van der Waals surface area contributed by atoms with E-state index in [2.05, 4.69) is 16.0 Å². The van der Waals surface area contributed by atoms with Crippen LogP contribution in [0.15, 0.2) is 18.2 Å². The molecule has 0 bridgehead atoms. The molecule has 1 saturated heterocycles. The lowest BCUT2D eigenvalue weighted by atomic mass is 10.0. The van der Waals surface area contributed by atoms with Crippen molar-refractivity contribution in [2.24, 2.45) is 5.92 Å². The highest BCUT2D eigenvalue weighted by atomic mass is 16.3. The number of anilines is 1. The van der Waals surface area contributed by atoms with Gasteiger partial charge in [0.05, 0.1) is 11.1 Å². The average Bonchev–Trinajstić information content (AvgIpc) is 3.66.